The highest BCUT2D eigenvalue weighted by molar-refractivity contribution is 5.84. The number of hydrogen-bond donors (Lipinski definition) is 0. The normalized spacial score (nSPS) is 16.1. The van der Waals surface area contributed by atoms with E-state index in [9.17, 15) is 4.39 Å². The van der Waals surface area contributed by atoms with Gasteiger partial charge in [0.25, 0.3) is 0 Å². The van der Waals surface area contributed by atoms with Crippen molar-refractivity contribution < 1.29 is 9.13 Å². The van der Waals surface area contributed by atoms with Gasteiger partial charge in [-0.25, -0.2) is 4.39 Å². The number of halogens is 1. The van der Waals surface area contributed by atoms with E-state index in [-0.39, 0.29) is 5.82 Å². The summed E-state index contributed by atoms with van der Waals surface area (Å²) >= 11 is 0. The van der Waals surface area contributed by atoms with Crippen LogP contribution in [0, 0.1) is 5.82 Å². The van der Waals surface area contributed by atoms with Crippen LogP contribution in [0.2, 0.25) is 0 Å². The molecule has 0 saturated carbocycles. The van der Waals surface area contributed by atoms with Crippen molar-refractivity contribution in [1.29, 1.82) is 0 Å². The molecule has 3 rings (SSSR count). The lowest BCUT2D eigenvalue weighted by atomic mass is 10.1. The number of ether oxygens (including phenoxy) is 1. The molecule has 1 saturated heterocycles. The fourth-order valence-electron chi connectivity index (χ4n) is 3.57. The van der Waals surface area contributed by atoms with Crippen LogP contribution >= 0.6 is 0 Å². The third-order valence-electron chi connectivity index (χ3n) is 5.15. The van der Waals surface area contributed by atoms with Gasteiger partial charge in [0.1, 0.15) is 5.82 Å². The van der Waals surface area contributed by atoms with Crippen molar-refractivity contribution in [2.75, 3.05) is 26.3 Å². The van der Waals surface area contributed by atoms with Crippen LogP contribution in [0.4, 0.5) is 4.39 Å². The van der Waals surface area contributed by atoms with Crippen molar-refractivity contribution >= 4 is 10.9 Å². The van der Waals surface area contributed by atoms with E-state index >= 15 is 0 Å². The Morgan fingerprint density at radius 3 is 2.67 bits per heavy atom. The predicted molar refractivity (Wildman–Crippen MR) is 110 cm³/mol. The lowest BCUT2D eigenvalue weighted by Crippen LogP contribution is -2.35. The summed E-state index contributed by atoms with van der Waals surface area (Å²) in [6.45, 7) is 11.6. The van der Waals surface area contributed by atoms with Gasteiger partial charge in [-0.1, -0.05) is 23.3 Å². The van der Waals surface area contributed by atoms with Gasteiger partial charge in [0.2, 0.25) is 0 Å². The van der Waals surface area contributed by atoms with Crippen molar-refractivity contribution in [2.24, 2.45) is 0 Å². The first kappa shape index (κ1) is 19.8. The molecule has 3 nitrogen and oxygen atoms in total. The molecular weight excluding hydrogens is 339 g/mol. The van der Waals surface area contributed by atoms with Gasteiger partial charge in [0.05, 0.1) is 13.2 Å². The molecule has 0 aliphatic carbocycles. The summed E-state index contributed by atoms with van der Waals surface area (Å²) in [5, 5.41) is 1.03. The Kier molecular flexibility index (Phi) is 6.86. The zero-order chi connectivity index (χ0) is 19.2. The minimum absolute atomic E-state index is 0.170. The Labute approximate surface area is 162 Å². The molecule has 2 aromatic rings. The van der Waals surface area contributed by atoms with Crippen LogP contribution in [-0.4, -0.2) is 35.8 Å². The second-order valence-corrected chi connectivity index (χ2v) is 7.73. The molecule has 1 aliphatic heterocycles. The van der Waals surface area contributed by atoms with E-state index in [2.05, 4.69) is 48.6 Å². The maximum atomic E-state index is 13.9. The summed E-state index contributed by atoms with van der Waals surface area (Å²) < 4.78 is 21.6. The summed E-state index contributed by atoms with van der Waals surface area (Å²) in [6, 6.07) is 5.13. The maximum absolute atomic E-state index is 13.9. The molecule has 0 unspecified atom stereocenters. The van der Waals surface area contributed by atoms with Crippen LogP contribution < -0.4 is 0 Å². The van der Waals surface area contributed by atoms with Crippen LogP contribution in [0.25, 0.3) is 10.9 Å². The first-order chi connectivity index (χ1) is 13.0. The van der Waals surface area contributed by atoms with Gasteiger partial charge in [-0.2, -0.15) is 0 Å². The number of aromatic nitrogens is 1. The standard InChI is InChI=1S/C23H31FN2O/c1-18(2)5-4-6-19(3)9-10-26-17-20(16-25-11-13-27-14-12-25)22-15-21(24)7-8-23(22)26/h5,7-9,15,17H,4,6,10-14,16H2,1-3H3/b19-9+. The zero-order valence-corrected chi connectivity index (χ0v) is 16.8. The van der Waals surface area contributed by atoms with E-state index < -0.39 is 0 Å². The smallest absolute Gasteiger partial charge is 0.123 e. The highest BCUT2D eigenvalue weighted by Crippen LogP contribution is 2.25. The van der Waals surface area contributed by atoms with Crippen LogP contribution in [-0.2, 0) is 17.8 Å². The van der Waals surface area contributed by atoms with Gasteiger partial charge >= 0.3 is 0 Å². The fourth-order valence-corrected chi connectivity index (χ4v) is 3.57. The average Bonchev–Trinajstić information content (AvgIpc) is 2.97. The van der Waals surface area contributed by atoms with E-state index in [4.69, 9.17) is 4.74 Å². The summed E-state index contributed by atoms with van der Waals surface area (Å²) in [5.41, 5.74) is 5.06. The molecule has 1 aliphatic rings. The van der Waals surface area contributed by atoms with Gasteiger partial charge in [-0.05, 0) is 57.4 Å². The Morgan fingerprint density at radius 1 is 1.15 bits per heavy atom. The molecule has 1 fully saturated rings. The first-order valence-electron chi connectivity index (χ1n) is 9.89. The molecule has 0 N–H and O–H groups in total. The van der Waals surface area contributed by atoms with Gasteiger partial charge in [0, 0.05) is 43.3 Å². The maximum Gasteiger partial charge on any atom is 0.123 e. The van der Waals surface area contributed by atoms with Crippen molar-refractivity contribution in [3.05, 3.63) is 59.1 Å². The van der Waals surface area contributed by atoms with Crippen LogP contribution in [0.5, 0.6) is 0 Å². The minimum Gasteiger partial charge on any atom is -0.379 e. The monoisotopic (exact) mass is 370 g/mol. The van der Waals surface area contributed by atoms with Crippen molar-refractivity contribution in [3.8, 4) is 0 Å². The van der Waals surface area contributed by atoms with Crippen molar-refractivity contribution in [3.63, 3.8) is 0 Å². The van der Waals surface area contributed by atoms with Crippen molar-refractivity contribution in [1.82, 2.24) is 9.47 Å². The third kappa shape index (κ3) is 5.53. The summed E-state index contributed by atoms with van der Waals surface area (Å²) in [7, 11) is 0. The number of allylic oxidation sites excluding steroid dienone is 4. The van der Waals surface area contributed by atoms with Gasteiger partial charge in [-0.15, -0.1) is 0 Å². The van der Waals surface area contributed by atoms with Crippen LogP contribution in [0.15, 0.2) is 47.7 Å². The summed E-state index contributed by atoms with van der Waals surface area (Å²) in [4.78, 5) is 2.38. The molecule has 0 amide bonds. The lowest BCUT2D eigenvalue weighted by Gasteiger charge is -2.26. The molecule has 1 aromatic carbocycles. The second-order valence-electron chi connectivity index (χ2n) is 7.73. The SMILES string of the molecule is CC(C)=CCC/C(C)=C/Cn1cc(CN2CCOCC2)c2cc(F)ccc21. The summed E-state index contributed by atoms with van der Waals surface area (Å²) in [5.74, 6) is -0.170. The van der Waals surface area contributed by atoms with Crippen LogP contribution in [0.3, 0.4) is 0 Å². The molecule has 0 bridgehead atoms. The Morgan fingerprint density at radius 2 is 1.93 bits per heavy atom. The molecule has 27 heavy (non-hydrogen) atoms. The Balaban J connectivity index is 1.77. The van der Waals surface area contributed by atoms with E-state index in [0.29, 0.717) is 0 Å². The topological polar surface area (TPSA) is 17.4 Å². The van der Waals surface area contributed by atoms with Gasteiger partial charge in [0.15, 0.2) is 0 Å². The lowest BCUT2D eigenvalue weighted by molar-refractivity contribution is 0.0343. The highest BCUT2D eigenvalue weighted by Gasteiger charge is 2.15. The minimum atomic E-state index is -0.170. The number of rotatable bonds is 7. The second kappa shape index (κ2) is 9.34. The predicted octanol–water partition coefficient (Wildman–Crippen LogP) is 5.31. The third-order valence-corrected chi connectivity index (χ3v) is 5.15. The fraction of sp³-hybridized carbons (Fsp3) is 0.478. The molecular formula is C23H31FN2O. The Bertz CT molecular complexity index is 824. The molecule has 4 heteroatoms. The molecule has 1 aromatic heterocycles. The molecule has 146 valence electrons. The Hall–Kier alpha value is -1.91. The molecule has 2 heterocycles. The largest absolute Gasteiger partial charge is 0.379 e. The first-order valence-corrected chi connectivity index (χ1v) is 9.89. The van der Waals surface area contributed by atoms with E-state index in [1.54, 1.807) is 12.1 Å². The number of nitrogens with zero attached hydrogens (tertiary/aromatic N) is 2. The van der Waals surface area contributed by atoms with E-state index in [1.807, 2.05) is 6.07 Å². The molecule has 0 radical (unpaired) electrons. The van der Waals surface area contributed by atoms with E-state index in [1.165, 1.54) is 16.7 Å². The number of benzene rings is 1. The highest BCUT2D eigenvalue weighted by atomic mass is 19.1. The molecule has 0 spiro atoms. The zero-order valence-electron chi connectivity index (χ0n) is 16.8. The summed E-state index contributed by atoms with van der Waals surface area (Å²) in [6.07, 6.45) is 8.94. The van der Waals surface area contributed by atoms with Crippen LogP contribution in [0.1, 0.15) is 39.2 Å². The van der Waals surface area contributed by atoms with Crippen molar-refractivity contribution in [2.45, 2.75) is 46.7 Å². The van der Waals surface area contributed by atoms with Gasteiger partial charge < -0.3 is 9.30 Å². The average molecular weight is 371 g/mol. The van der Waals surface area contributed by atoms with Gasteiger partial charge in [-0.3, -0.25) is 4.90 Å². The molecule has 0 atom stereocenters. The quantitative estimate of drug-likeness (QED) is 0.615. The number of hydrogen-bond acceptors (Lipinski definition) is 2. The van der Waals surface area contributed by atoms with E-state index in [0.717, 1.165) is 63.1 Å². The number of morpholine rings is 1. The number of fused-ring (bicyclic) bond motifs is 1.